The van der Waals surface area contributed by atoms with E-state index in [9.17, 15) is 9.59 Å². The van der Waals surface area contributed by atoms with Crippen molar-refractivity contribution in [3.8, 4) is 5.75 Å². The van der Waals surface area contributed by atoms with Gasteiger partial charge >= 0.3 is 5.97 Å². The minimum atomic E-state index is -0.548. The SMILES string of the molecule is CCOc1ccc(C(=O)OCC(=O)Nc2cc(C)cc(C)c2)cc1. The highest BCUT2D eigenvalue weighted by Crippen LogP contribution is 2.14. The third-order valence-electron chi connectivity index (χ3n) is 3.24. The molecule has 24 heavy (non-hydrogen) atoms. The molecule has 0 unspecified atom stereocenters. The molecule has 0 saturated heterocycles. The summed E-state index contributed by atoms with van der Waals surface area (Å²) in [7, 11) is 0. The second kappa shape index (κ2) is 8.15. The second-order valence-electron chi connectivity index (χ2n) is 5.46. The van der Waals surface area contributed by atoms with Gasteiger partial charge in [-0.25, -0.2) is 4.79 Å². The molecule has 0 atom stereocenters. The van der Waals surface area contributed by atoms with Gasteiger partial charge in [0.1, 0.15) is 5.75 Å². The fourth-order valence-corrected chi connectivity index (χ4v) is 2.31. The summed E-state index contributed by atoms with van der Waals surface area (Å²) in [5.74, 6) is -0.241. The van der Waals surface area contributed by atoms with E-state index in [0.29, 0.717) is 23.6 Å². The molecule has 2 aromatic rings. The highest BCUT2D eigenvalue weighted by atomic mass is 16.5. The standard InChI is InChI=1S/C19H21NO4/c1-4-23-17-7-5-15(6-8-17)19(22)24-12-18(21)20-16-10-13(2)9-14(3)11-16/h5-11H,4,12H2,1-3H3,(H,20,21). The summed E-state index contributed by atoms with van der Waals surface area (Å²) >= 11 is 0. The summed E-state index contributed by atoms with van der Waals surface area (Å²) in [6, 6.07) is 12.3. The molecule has 0 saturated carbocycles. The molecule has 2 aromatic carbocycles. The third kappa shape index (κ3) is 5.12. The Morgan fingerprint density at radius 3 is 2.21 bits per heavy atom. The van der Waals surface area contributed by atoms with Gasteiger partial charge in [-0.3, -0.25) is 4.79 Å². The van der Waals surface area contributed by atoms with Gasteiger partial charge in [0.2, 0.25) is 0 Å². The Hall–Kier alpha value is -2.82. The van der Waals surface area contributed by atoms with Crippen molar-refractivity contribution in [1.82, 2.24) is 0 Å². The van der Waals surface area contributed by atoms with Gasteiger partial charge in [-0.2, -0.15) is 0 Å². The van der Waals surface area contributed by atoms with Gasteiger partial charge in [0, 0.05) is 5.69 Å². The first-order chi connectivity index (χ1) is 11.5. The van der Waals surface area contributed by atoms with Gasteiger partial charge in [0.15, 0.2) is 6.61 Å². The molecular formula is C19H21NO4. The molecule has 0 aromatic heterocycles. The van der Waals surface area contributed by atoms with E-state index >= 15 is 0 Å². The normalized spacial score (nSPS) is 10.1. The van der Waals surface area contributed by atoms with E-state index in [0.717, 1.165) is 11.1 Å². The maximum absolute atomic E-state index is 11.9. The molecule has 0 heterocycles. The van der Waals surface area contributed by atoms with Crippen molar-refractivity contribution in [1.29, 1.82) is 0 Å². The molecular weight excluding hydrogens is 306 g/mol. The molecule has 1 amide bonds. The molecule has 0 aliphatic rings. The Balaban J connectivity index is 1.87. The van der Waals surface area contributed by atoms with Gasteiger partial charge in [0.25, 0.3) is 5.91 Å². The first kappa shape index (κ1) is 17.5. The summed E-state index contributed by atoms with van der Waals surface area (Å²) in [4.78, 5) is 23.8. The zero-order valence-electron chi connectivity index (χ0n) is 14.1. The van der Waals surface area contributed by atoms with E-state index < -0.39 is 5.97 Å². The van der Waals surface area contributed by atoms with Crippen LogP contribution in [0, 0.1) is 13.8 Å². The van der Waals surface area contributed by atoms with Crippen molar-refractivity contribution < 1.29 is 19.1 Å². The van der Waals surface area contributed by atoms with Gasteiger partial charge in [-0.05, 0) is 68.3 Å². The first-order valence-electron chi connectivity index (χ1n) is 7.76. The number of ether oxygens (including phenoxy) is 2. The Morgan fingerprint density at radius 1 is 1.00 bits per heavy atom. The molecule has 5 nitrogen and oxygen atoms in total. The number of carbonyl (C=O) groups is 2. The van der Waals surface area contributed by atoms with Crippen molar-refractivity contribution in [3.63, 3.8) is 0 Å². The highest BCUT2D eigenvalue weighted by Gasteiger charge is 2.11. The fraction of sp³-hybridized carbons (Fsp3) is 0.263. The molecule has 0 radical (unpaired) electrons. The smallest absolute Gasteiger partial charge is 0.338 e. The van der Waals surface area contributed by atoms with Crippen LogP contribution in [0.5, 0.6) is 5.75 Å². The number of benzene rings is 2. The molecule has 0 bridgehead atoms. The topological polar surface area (TPSA) is 64.6 Å². The Labute approximate surface area is 141 Å². The fourth-order valence-electron chi connectivity index (χ4n) is 2.31. The number of aryl methyl sites for hydroxylation is 2. The number of rotatable bonds is 6. The average molecular weight is 327 g/mol. The largest absolute Gasteiger partial charge is 0.494 e. The Morgan fingerprint density at radius 2 is 1.62 bits per heavy atom. The van der Waals surface area contributed by atoms with Gasteiger partial charge < -0.3 is 14.8 Å². The van der Waals surface area contributed by atoms with Gasteiger partial charge in [-0.15, -0.1) is 0 Å². The monoisotopic (exact) mass is 327 g/mol. The van der Waals surface area contributed by atoms with E-state index in [1.54, 1.807) is 24.3 Å². The van der Waals surface area contributed by atoms with Crippen LogP contribution in [0.3, 0.4) is 0 Å². The van der Waals surface area contributed by atoms with E-state index in [1.165, 1.54) is 0 Å². The third-order valence-corrected chi connectivity index (χ3v) is 3.24. The summed E-state index contributed by atoms with van der Waals surface area (Å²) in [6.45, 7) is 6.02. The van der Waals surface area contributed by atoms with Gasteiger partial charge in [0.05, 0.1) is 12.2 Å². The predicted octanol–water partition coefficient (Wildman–Crippen LogP) is 3.50. The van der Waals surface area contributed by atoms with E-state index in [1.807, 2.05) is 39.0 Å². The van der Waals surface area contributed by atoms with Crippen molar-refractivity contribution in [2.75, 3.05) is 18.5 Å². The zero-order chi connectivity index (χ0) is 17.5. The maximum Gasteiger partial charge on any atom is 0.338 e. The molecule has 1 N–H and O–H groups in total. The summed E-state index contributed by atoms with van der Waals surface area (Å²) in [6.07, 6.45) is 0. The van der Waals surface area contributed by atoms with E-state index in [4.69, 9.17) is 9.47 Å². The lowest BCUT2D eigenvalue weighted by Gasteiger charge is -2.09. The number of carbonyl (C=O) groups excluding carboxylic acids is 2. The molecule has 5 heteroatoms. The first-order valence-corrected chi connectivity index (χ1v) is 7.76. The minimum absolute atomic E-state index is 0.334. The van der Waals surface area contributed by atoms with E-state index in [2.05, 4.69) is 5.32 Å². The van der Waals surface area contributed by atoms with Gasteiger partial charge in [-0.1, -0.05) is 6.07 Å². The van der Waals surface area contributed by atoms with Crippen LogP contribution in [0.2, 0.25) is 0 Å². The Bertz CT molecular complexity index is 702. The van der Waals surface area contributed by atoms with Crippen molar-refractivity contribution >= 4 is 17.6 Å². The van der Waals surface area contributed by atoms with Crippen molar-refractivity contribution in [2.24, 2.45) is 0 Å². The minimum Gasteiger partial charge on any atom is -0.494 e. The molecule has 0 fully saturated rings. The Kier molecular flexibility index (Phi) is 5.95. The quantitative estimate of drug-likeness (QED) is 0.825. The van der Waals surface area contributed by atoms with Crippen LogP contribution in [-0.2, 0) is 9.53 Å². The number of anilines is 1. The number of amides is 1. The average Bonchev–Trinajstić information content (AvgIpc) is 2.52. The molecule has 0 aliphatic heterocycles. The lowest BCUT2D eigenvalue weighted by Crippen LogP contribution is -2.21. The van der Waals surface area contributed by atoms with Crippen LogP contribution in [0.25, 0.3) is 0 Å². The van der Waals surface area contributed by atoms with Crippen LogP contribution >= 0.6 is 0 Å². The zero-order valence-corrected chi connectivity index (χ0v) is 14.1. The maximum atomic E-state index is 11.9. The molecule has 126 valence electrons. The van der Waals surface area contributed by atoms with Crippen LogP contribution in [0.4, 0.5) is 5.69 Å². The number of nitrogens with one attached hydrogen (secondary N) is 1. The summed E-state index contributed by atoms with van der Waals surface area (Å²) in [5.41, 5.74) is 3.17. The number of hydrogen-bond donors (Lipinski definition) is 1. The van der Waals surface area contributed by atoms with Crippen LogP contribution in [0.1, 0.15) is 28.4 Å². The van der Waals surface area contributed by atoms with Crippen molar-refractivity contribution in [2.45, 2.75) is 20.8 Å². The lowest BCUT2D eigenvalue weighted by atomic mass is 10.1. The van der Waals surface area contributed by atoms with Crippen LogP contribution in [-0.4, -0.2) is 25.1 Å². The second-order valence-corrected chi connectivity index (χ2v) is 5.46. The molecule has 0 spiro atoms. The van der Waals surface area contributed by atoms with E-state index in [-0.39, 0.29) is 12.5 Å². The van der Waals surface area contributed by atoms with Crippen LogP contribution < -0.4 is 10.1 Å². The van der Waals surface area contributed by atoms with Crippen LogP contribution in [0.15, 0.2) is 42.5 Å². The lowest BCUT2D eigenvalue weighted by molar-refractivity contribution is -0.119. The number of hydrogen-bond acceptors (Lipinski definition) is 4. The molecule has 0 aliphatic carbocycles. The predicted molar refractivity (Wildman–Crippen MR) is 92.4 cm³/mol. The summed E-state index contributed by atoms with van der Waals surface area (Å²) < 4.78 is 10.3. The summed E-state index contributed by atoms with van der Waals surface area (Å²) in [5, 5.41) is 2.72. The molecule has 2 rings (SSSR count). The van der Waals surface area contributed by atoms with Crippen molar-refractivity contribution in [3.05, 3.63) is 59.2 Å². The highest BCUT2D eigenvalue weighted by molar-refractivity contribution is 5.95. The number of esters is 1.